The predicted octanol–water partition coefficient (Wildman–Crippen LogP) is 1.67. The van der Waals surface area contributed by atoms with E-state index in [1.54, 1.807) is 4.90 Å². The maximum atomic E-state index is 12.3. The monoisotopic (exact) mass is 236 g/mol. The van der Waals surface area contributed by atoms with Gasteiger partial charge in [-0.25, -0.2) is 0 Å². The number of rotatable bonds is 6. The third kappa shape index (κ3) is 2.69. The molecular weight excluding hydrogens is 216 g/mol. The molecule has 1 aliphatic carbocycles. The number of aromatic nitrogens is 1. The van der Waals surface area contributed by atoms with Crippen LogP contribution in [0.2, 0.25) is 0 Å². The topological polar surface area (TPSA) is 45.5 Å². The van der Waals surface area contributed by atoms with Crippen LogP contribution < -0.4 is 0 Å². The first-order valence-corrected chi connectivity index (χ1v) is 6.35. The average Bonchev–Trinajstić information content (AvgIpc) is 3.06. The maximum Gasteiger partial charge on any atom is 0.270 e. The Bertz CT molecular complexity index is 377. The Morgan fingerprint density at radius 3 is 2.88 bits per heavy atom. The lowest BCUT2D eigenvalue weighted by Gasteiger charge is -2.21. The Balaban J connectivity index is 2.12. The fraction of sp³-hybridized carbons (Fsp3) is 0.615. The van der Waals surface area contributed by atoms with Gasteiger partial charge >= 0.3 is 0 Å². The second-order valence-electron chi connectivity index (χ2n) is 4.55. The fourth-order valence-corrected chi connectivity index (χ4v) is 2.11. The van der Waals surface area contributed by atoms with Crippen molar-refractivity contribution >= 4 is 5.91 Å². The second kappa shape index (κ2) is 5.36. The predicted molar refractivity (Wildman–Crippen MR) is 66.0 cm³/mol. The molecule has 1 amide bonds. The quantitative estimate of drug-likeness (QED) is 0.816. The van der Waals surface area contributed by atoms with Crippen LogP contribution in [0.3, 0.4) is 0 Å². The van der Waals surface area contributed by atoms with E-state index in [0.29, 0.717) is 19.1 Å². The summed E-state index contributed by atoms with van der Waals surface area (Å²) < 4.78 is 2.07. The zero-order valence-corrected chi connectivity index (χ0v) is 10.3. The van der Waals surface area contributed by atoms with Gasteiger partial charge in [-0.2, -0.15) is 0 Å². The van der Waals surface area contributed by atoms with Crippen molar-refractivity contribution in [1.82, 2.24) is 9.47 Å². The molecule has 0 unspecified atom stereocenters. The summed E-state index contributed by atoms with van der Waals surface area (Å²) in [5.41, 5.74) is 0.759. The van der Waals surface area contributed by atoms with Crippen molar-refractivity contribution in [2.45, 2.75) is 32.2 Å². The molecule has 0 radical (unpaired) electrons. The molecule has 0 bridgehead atoms. The fourth-order valence-electron chi connectivity index (χ4n) is 2.11. The summed E-state index contributed by atoms with van der Waals surface area (Å²) in [6.45, 7) is 3.19. The van der Waals surface area contributed by atoms with E-state index < -0.39 is 0 Å². The van der Waals surface area contributed by atoms with E-state index in [1.165, 1.54) is 12.8 Å². The van der Waals surface area contributed by atoms with Crippen molar-refractivity contribution in [3.05, 3.63) is 24.0 Å². The lowest BCUT2D eigenvalue weighted by Crippen LogP contribution is -2.35. The maximum absolute atomic E-state index is 12.3. The minimum atomic E-state index is 0.0237. The smallest absolute Gasteiger partial charge is 0.270 e. The first kappa shape index (κ1) is 12.2. The van der Waals surface area contributed by atoms with Crippen LogP contribution in [0.5, 0.6) is 0 Å². The van der Waals surface area contributed by atoms with Gasteiger partial charge < -0.3 is 14.6 Å². The molecule has 0 aromatic carbocycles. The Kier molecular flexibility index (Phi) is 3.84. The molecule has 0 saturated heterocycles. The first-order chi connectivity index (χ1) is 8.27. The summed E-state index contributed by atoms with van der Waals surface area (Å²) in [7, 11) is 0. The van der Waals surface area contributed by atoms with E-state index in [-0.39, 0.29) is 12.5 Å². The summed E-state index contributed by atoms with van der Waals surface area (Å²) in [5, 5.41) is 9.00. The zero-order valence-electron chi connectivity index (χ0n) is 10.3. The molecule has 1 aromatic heterocycles. The third-order valence-corrected chi connectivity index (χ3v) is 3.09. The van der Waals surface area contributed by atoms with Crippen molar-refractivity contribution in [2.75, 3.05) is 19.7 Å². The van der Waals surface area contributed by atoms with E-state index in [0.717, 1.165) is 12.1 Å². The minimum Gasteiger partial charge on any atom is -0.395 e. The van der Waals surface area contributed by atoms with Crippen LogP contribution in [0.1, 0.15) is 42.7 Å². The SMILES string of the molecule is CCCN(CCO)C(=O)c1cccn1C1CC1. The van der Waals surface area contributed by atoms with Crippen LogP contribution in [0, 0.1) is 0 Å². The van der Waals surface area contributed by atoms with Crippen molar-refractivity contribution in [2.24, 2.45) is 0 Å². The third-order valence-electron chi connectivity index (χ3n) is 3.09. The van der Waals surface area contributed by atoms with Gasteiger partial charge in [0.2, 0.25) is 0 Å². The molecule has 1 saturated carbocycles. The number of amides is 1. The van der Waals surface area contributed by atoms with Gasteiger partial charge in [-0.3, -0.25) is 4.79 Å². The summed E-state index contributed by atoms with van der Waals surface area (Å²) >= 11 is 0. The molecule has 0 spiro atoms. The van der Waals surface area contributed by atoms with Crippen molar-refractivity contribution < 1.29 is 9.90 Å². The first-order valence-electron chi connectivity index (χ1n) is 6.35. The molecule has 1 aliphatic rings. The Morgan fingerprint density at radius 1 is 1.53 bits per heavy atom. The van der Waals surface area contributed by atoms with Crippen LogP contribution >= 0.6 is 0 Å². The zero-order chi connectivity index (χ0) is 12.3. The number of hydrogen-bond donors (Lipinski definition) is 1. The highest BCUT2D eigenvalue weighted by Crippen LogP contribution is 2.36. The van der Waals surface area contributed by atoms with Crippen molar-refractivity contribution in [1.29, 1.82) is 0 Å². The Morgan fingerprint density at radius 2 is 2.29 bits per heavy atom. The van der Waals surface area contributed by atoms with Crippen LogP contribution in [0.4, 0.5) is 0 Å². The van der Waals surface area contributed by atoms with E-state index in [4.69, 9.17) is 5.11 Å². The van der Waals surface area contributed by atoms with Crippen LogP contribution in [0.25, 0.3) is 0 Å². The largest absolute Gasteiger partial charge is 0.395 e. The van der Waals surface area contributed by atoms with Gasteiger partial charge in [0.05, 0.1) is 6.61 Å². The number of carbonyl (C=O) groups excluding carboxylic acids is 1. The summed E-state index contributed by atoms with van der Waals surface area (Å²) in [5.74, 6) is 0.0396. The van der Waals surface area contributed by atoms with E-state index in [9.17, 15) is 4.79 Å². The summed E-state index contributed by atoms with van der Waals surface area (Å²) in [4.78, 5) is 14.1. The van der Waals surface area contributed by atoms with Gasteiger partial charge in [0.15, 0.2) is 0 Å². The van der Waals surface area contributed by atoms with Gasteiger partial charge in [-0.1, -0.05) is 6.92 Å². The summed E-state index contributed by atoms with van der Waals surface area (Å²) in [6.07, 6.45) is 5.23. The minimum absolute atomic E-state index is 0.0237. The molecule has 1 heterocycles. The normalized spacial score (nSPS) is 14.9. The highest BCUT2D eigenvalue weighted by molar-refractivity contribution is 5.92. The molecule has 2 rings (SSSR count). The molecular formula is C13H20N2O2. The lowest BCUT2D eigenvalue weighted by atomic mass is 10.3. The Labute approximate surface area is 102 Å². The van der Waals surface area contributed by atoms with Crippen LogP contribution in [-0.4, -0.2) is 40.2 Å². The average molecular weight is 236 g/mol. The van der Waals surface area contributed by atoms with Gasteiger partial charge in [0.25, 0.3) is 5.91 Å². The number of carbonyl (C=O) groups is 1. The van der Waals surface area contributed by atoms with E-state index >= 15 is 0 Å². The van der Waals surface area contributed by atoms with Gasteiger partial charge in [-0.05, 0) is 31.4 Å². The number of aliphatic hydroxyl groups is 1. The molecule has 0 aliphatic heterocycles. The highest BCUT2D eigenvalue weighted by atomic mass is 16.3. The number of hydrogen-bond acceptors (Lipinski definition) is 2. The van der Waals surface area contributed by atoms with Gasteiger partial charge in [-0.15, -0.1) is 0 Å². The summed E-state index contributed by atoms with van der Waals surface area (Å²) in [6, 6.07) is 4.32. The molecule has 4 heteroatoms. The van der Waals surface area contributed by atoms with E-state index in [1.807, 2.05) is 25.3 Å². The number of aliphatic hydroxyl groups excluding tert-OH is 1. The molecule has 4 nitrogen and oxygen atoms in total. The van der Waals surface area contributed by atoms with Crippen LogP contribution in [-0.2, 0) is 0 Å². The molecule has 1 fully saturated rings. The standard InChI is InChI=1S/C13H20N2O2/c1-2-7-14(9-10-16)13(17)12-4-3-8-15(12)11-5-6-11/h3-4,8,11,16H,2,5-7,9-10H2,1H3. The second-order valence-corrected chi connectivity index (χ2v) is 4.55. The van der Waals surface area contributed by atoms with Crippen molar-refractivity contribution in [3.8, 4) is 0 Å². The van der Waals surface area contributed by atoms with Gasteiger partial charge in [0.1, 0.15) is 5.69 Å². The lowest BCUT2D eigenvalue weighted by molar-refractivity contribution is 0.0711. The Hall–Kier alpha value is -1.29. The molecule has 1 N–H and O–H groups in total. The molecule has 17 heavy (non-hydrogen) atoms. The molecule has 94 valence electrons. The van der Waals surface area contributed by atoms with E-state index in [2.05, 4.69) is 4.57 Å². The number of nitrogens with zero attached hydrogens (tertiary/aromatic N) is 2. The van der Waals surface area contributed by atoms with Gasteiger partial charge in [0, 0.05) is 25.3 Å². The molecule has 0 atom stereocenters. The van der Waals surface area contributed by atoms with Crippen LogP contribution in [0.15, 0.2) is 18.3 Å². The molecule has 1 aromatic rings. The highest BCUT2D eigenvalue weighted by Gasteiger charge is 2.28. The van der Waals surface area contributed by atoms with Crippen molar-refractivity contribution in [3.63, 3.8) is 0 Å².